The molecule has 3 heteroatoms. The van der Waals surface area contributed by atoms with Gasteiger partial charge in [-0.1, -0.05) is 0 Å². The molecule has 0 bridgehead atoms. The van der Waals surface area contributed by atoms with E-state index < -0.39 is 0 Å². The molecule has 0 aromatic heterocycles. The molecule has 0 aromatic rings. The molecular formula is C10H17NO2. The van der Waals surface area contributed by atoms with E-state index >= 15 is 0 Å². The van der Waals surface area contributed by atoms with Crippen molar-refractivity contribution in [1.29, 1.82) is 0 Å². The van der Waals surface area contributed by atoms with Gasteiger partial charge in [0.05, 0.1) is 0 Å². The number of rotatable bonds is 1. The summed E-state index contributed by atoms with van der Waals surface area (Å²) in [6.45, 7) is 6.72. The van der Waals surface area contributed by atoms with Crippen molar-refractivity contribution in [3.8, 4) is 0 Å². The lowest BCUT2D eigenvalue weighted by atomic mass is 10.1. The highest BCUT2D eigenvalue weighted by molar-refractivity contribution is 5.77. The van der Waals surface area contributed by atoms with Gasteiger partial charge in [-0.2, -0.15) is 0 Å². The van der Waals surface area contributed by atoms with Gasteiger partial charge in [-0.3, -0.25) is 4.79 Å². The van der Waals surface area contributed by atoms with E-state index in [-0.39, 0.29) is 17.6 Å². The summed E-state index contributed by atoms with van der Waals surface area (Å²) in [5, 5.41) is 3.20. The maximum absolute atomic E-state index is 11.6. The largest absolute Gasteiger partial charge is 0.459 e. The SMILES string of the molecule is CC(C)(C)OC(=O)[C@@H]1NC[C@@H]2C[C@@H]21. The molecular weight excluding hydrogens is 166 g/mol. The van der Waals surface area contributed by atoms with Crippen LogP contribution in [0.4, 0.5) is 0 Å². The van der Waals surface area contributed by atoms with Gasteiger partial charge >= 0.3 is 5.97 Å². The minimum atomic E-state index is -0.355. The minimum absolute atomic E-state index is 0.0239. The third-order valence-electron chi connectivity index (χ3n) is 2.67. The monoisotopic (exact) mass is 183 g/mol. The molecule has 13 heavy (non-hydrogen) atoms. The van der Waals surface area contributed by atoms with Crippen LogP contribution in [0.5, 0.6) is 0 Å². The fraction of sp³-hybridized carbons (Fsp3) is 0.900. The Bertz CT molecular complexity index is 232. The Morgan fingerprint density at radius 3 is 2.54 bits per heavy atom. The highest BCUT2D eigenvalue weighted by atomic mass is 16.6. The zero-order valence-corrected chi connectivity index (χ0v) is 8.46. The van der Waals surface area contributed by atoms with Crippen molar-refractivity contribution in [3.05, 3.63) is 0 Å². The standard InChI is InChI=1S/C10H17NO2/c1-10(2,3)13-9(12)8-7-4-6(7)5-11-8/h6-8,11H,4-5H2,1-3H3/t6-,7-,8+/m0/s1. The number of fused-ring (bicyclic) bond motifs is 1. The number of piperidine rings is 1. The van der Waals surface area contributed by atoms with Crippen LogP contribution >= 0.6 is 0 Å². The van der Waals surface area contributed by atoms with Crippen molar-refractivity contribution < 1.29 is 9.53 Å². The number of nitrogens with one attached hydrogen (secondary N) is 1. The van der Waals surface area contributed by atoms with Crippen LogP contribution < -0.4 is 5.32 Å². The average Bonchev–Trinajstić information content (AvgIpc) is 2.59. The third kappa shape index (κ3) is 1.85. The first kappa shape index (κ1) is 9.00. The van der Waals surface area contributed by atoms with Gasteiger partial charge < -0.3 is 10.1 Å². The van der Waals surface area contributed by atoms with Crippen LogP contribution in [-0.4, -0.2) is 24.2 Å². The van der Waals surface area contributed by atoms with Crippen LogP contribution in [0.1, 0.15) is 27.2 Å². The fourth-order valence-corrected chi connectivity index (χ4v) is 1.97. The van der Waals surface area contributed by atoms with Crippen molar-refractivity contribution in [3.63, 3.8) is 0 Å². The minimum Gasteiger partial charge on any atom is -0.459 e. The van der Waals surface area contributed by atoms with Gasteiger partial charge in [0.15, 0.2) is 0 Å². The quantitative estimate of drug-likeness (QED) is 0.615. The lowest BCUT2D eigenvalue weighted by Gasteiger charge is -2.22. The number of ether oxygens (including phenoxy) is 1. The Morgan fingerprint density at radius 2 is 2.15 bits per heavy atom. The molecule has 0 spiro atoms. The summed E-state index contributed by atoms with van der Waals surface area (Å²) in [6, 6.07) is -0.0239. The van der Waals surface area contributed by atoms with Gasteiger partial charge in [-0.05, 0) is 45.6 Å². The second-order valence-corrected chi connectivity index (χ2v) is 5.08. The maximum Gasteiger partial charge on any atom is 0.323 e. The molecule has 1 saturated carbocycles. The smallest absolute Gasteiger partial charge is 0.323 e. The molecule has 1 saturated heterocycles. The molecule has 0 amide bonds. The summed E-state index contributed by atoms with van der Waals surface area (Å²) in [5.74, 6) is 1.24. The molecule has 0 unspecified atom stereocenters. The molecule has 0 aromatic carbocycles. The van der Waals surface area contributed by atoms with E-state index in [9.17, 15) is 4.79 Å². The number of carbonyl (C=O) groups is 1. The predicted octanol–water partition coefficient (Wildman–Crippen LogP) is 0.936. The molecule has 1 heterocycles. The molecule has 3 atom stereocenters. The summed E-state index contributed by atoms with van der Waals surface area (Å²) in [5.41, 5.74) is -0.355. The van der Waals surface area contributed by atoms with Crippen LogP contribution in [0.25, 0.3) is 0 Å². The van der Waals surface area contributed by atoms with E-state index in [1.165, 1.54) is 6.42 Å². The van der Waals surface area contributed by atoms with Crippen molar-refractivity contribution in [2.24, 2.45) is 11.8 Å². The fourth-order valence-electron chi connectivity index (χ4n) is 1.97. The molecule has 1 aliphatic heterocycles. The molecule has 2 aliphatic rings. The highest BCUT2D eigenvalue weighted by Gasteiger charge is 2.52. The Morgan fingerprint density at radius 1 is 1.46 bits per heavy atom. The zero-order valence-electron chi connectivity index (χ0n) is 8.46. The summed E-state index contributed by atoms with van der Waals surface area (Å²) in [6.07, 6.45) is 1.21. The van der Waals surface area contributed by atoms with E-state index in [1.54, 1.807) is 0 Å². The van der Waals surface area contributed by atoms with E-state index in [0.717, 1.165) is 12.5 Å². The Labute approximate surface area is 78.8 Å². The Hall–Kier alpha value is -0.570. The molecule has 3 nitrogen and oxygen atoms in total. The van der Waals surface area contributed by atoms with Gasteiger partial charge in [0, 0.05) is 0 Å². The zero-order chi connectivity index (χ0) is 9.64. The maximum atomic E-state index is 11.6. The van der Waals surface area contributed by atoms with Gasteiger partial charge in [0.2, 0.25) is 0 Å². The number of hydrogen-bond acceptors (Lipinski definition) is 3. The van der Waals surface area contributed by atoms with Crippen LogP contribution in [0, 0.1) is 11.8 Å². The second kappa shape index (κ2) is 2.71. The first-order valence-electron chi connectivity index (χ1n) is 4.93. The van der Waals surface area contributed by atoms with Crippen molar-refractivity contribution >= 4 is 5.97 Å². The lowest BCUT2D eigenvalue weighted by Crippen LogP contribution is -2.39. The summed E-state index contributed by atoms with van der Waals surface area (Å²) in [4.78, 5) is 11.6. The van der Waals surface area contributed by atoms with Crippen LogP contribution in [0.2, 0.25) is 0 Å². The number of hydrogen-bond donors (Lipinski definition) is 1. The Balaban J connectivity index is 1.90. The molecule has 1 N–H and O–H groups in total. The predicted molar refractivity (Wildman–Crippen MR) is 49.2 cm³/mol. The molecule has 2 fully saturated rings. The second-order valence-electron chi connectivity index (χ2n) is 5.08. The van der Waals surface area contributed by atoms with Crippen molar-refractivity contribution in [1.82, 2.24) is 5.32 Å². The summed E-state index contributed by atoms with van der Waals surface area (Å²) in [7, 11) is 0. The first-order valence-corrected chi connectivity index (χ1v) is 4.93. The van der Waals surface area contributed by atoms with Gasteiger partial charge in [-0.25, -0.2) is 0 Å². The molecule has 0 radical (unpaired) electrons. The Kier molecular flexibility index (Phi) is 1.88. The van der Waals surface area contributed by atoms with Crippen LogP contribution in [0.15, 0.2) is 0 Å². The van der Waals surface area contributed by atoms with Crippen molar-refractivity contribution in [2.45, 2.75) is 38.8 Å². The number of esters is 1. The summed E-state index contributed by atoms with van der Waals surface area (Å²) < 4.78 is 5.32. The van der Waals surface area contributed by atoms with Crippen LogP contribution in [0.3, 0.4) is 0 Å². The van der Waals surface area contributed by atoms with Crippen LogP contribution in [-0.2, 0) is 9.53 Å². The van der Waals surface area contributed by atoms with E-state index in [2.05, 4.69) is 5.32 Å². The lowest BCUT2D eigenvalue weighted by molar-refractivity contribution is -0.157. The van der Waals surface area contributed by atoms with Gasteiger partial charge in [-0.15, -0.1) is 0 Å². The summed E-state index contributed by atoms with van der Waals surface area (Å²) >= 11 is 0. The molecule has 74 valence electrons. The number of carbonyl (C=O) groups excluding carboxylic acids is 1. The van der Waals surface area contributed by atoms with Gasteiger partial charge in [0.25, 0.3) is 0 Å². The third-order valence-corrected chi connectivity index (χ3v) is 2.67. The molecule has 1 aliphatic carbocycles. The van der Waals surface area contributed by atoms with E-state index in [1.807, 2.05) is 20.8 Å². The van der Waals surface area contributed by atoms with E-state index in [0.29, 0.717) is 5.92 Å². The average molecular weight is 183 g/mol. The van der Waals surface area contributed by atoms with Gasteiger partial charge in [0.1, 0.15) is 11.6 Å². The normalized spacial score (nSPS) is 37.0. The topological polar surface area (TPSA) is 38.3 Å². The highest BCUT2D eigenvalue weighted by Crippen LogP contribution is 2.45. The van der Waals surface area contributed by atoms with Crippen molar-refractivity contribution in [2.75, 3.05) is 6.54 Å². The first-order chi connectivity index (χ1) is 5.97. The molecule has 2 rings (SSSR count). The van der Waals surface area contributed by atoms with E-state index in [4.69, 9.17) is 4.74 Å².